The second kappa shape index (κ2) is 6.85. The molecule has 4 aromatic rings. The van der Waals surface area contributed by atoms with Gasteiger partial charge in [0.1, 0.15) is 0 Å². The average molecular weight is 337 g/mol. The van der Waals surface area contributed by atoms with Gasteiger partial charge in [-0.3, -0.25) is 4.79 Å². The lowest BCUT2D eigenvalue weighted by atomic mass is 10.1. The smallest absolute Gasteiger partial charge is 0.152 e. The number of carbonyl (C=O) groups is 1. The van der Waals surface area contributed by atoms with Crippen LogP contribution in [0, 0.1) is 6.92 Å². The second-order valence-electron chi connectivity index (χ2n) is 6.36. The van der Waals surface area contributed by atoms with Crippen molar-refractivity contribution < 1.29 is 4.79 Å². The Kier molecular flexibility index (Phi) is 4.24. The molecular formula is C24H19NO. The summed E-state index contributed by atoms with van der Waals surface area (Å²) in [6.07, 6.45) is 0.946. The first-order chi connectivity index (χ1) is 12.8. The highest BCUT2D eigenvalue weighted by atomic mass is 16.1. The van der Waals surface area contributed by atoms with Crippen LogP contribution in [0.4, 0.5) is 0 Å². The first-order valence-corrected chi connectivity index (χ1v) is 8.67. The Labute approximate surface area is 153 Å². The summed E-state index contributed by atoms with van der Waals surface area (Å²) < 4.78 is 2.18. The number of nitrogens with zero attached hydrogens (tertiary/aromatic N) is 1. The second-order valence-corrected chi connectivity index (χ2v) is 6.36. The number of aldehydes is 1. The Bertz CT molecular complexity index is 1050. The molecular weight excluding hydrogens is 318 g/mol. The molecule has 2 heteroatoms. The molecule has 2 nitrogen and oxygen atoms in total. The van der Waals surface area contributed by atoms with Crippen LogP contribution in [0.5, 0.6) is 0 Å². The van der Waals surface area contributed by atoms with Crippen LogP contribution >= 0.6 is 0 Å². The minimum atomic E-state index is 0.691. The predicted molar refractivity (Wildman–Crippen MR) is 107 cm³/mol. The molecule has 0 spiro atoms. The van der Waals surface area contributed by atoms with E-state index in [4.69, 9.17) is 0 Å². The first-order valence-electron chi connectivity index (χ1n) is 8.67. The third-order valence-corrected chi connectivity index (χ3v) is 4.53. The molecule has 126 valence electrons. The molecule has 26 heavy (non-hydrogen) atoms. The fourth-order valence-corrected chi connectivity index (χ4v) is 3.37. The van der Waals surface area contributed by atoms with Gasteiger partial charge in [-0.15, -0.1) is 0 Å². The van der Waals surface area contributed by atoms with Gasteiger partial charge in [-0.1, -0.05) is 72.8 Å². The van der Waals surface area contributed by atoms with Crippen molar-refractivity contribution in [3.05, 3.63) is 102 Å². The molecule has 0 bridgehead atoms. The molecule has 0 N–H and O–H groups in total. The average Bonchev–Trinajstić information content (AvgIpc) is 3.09. The summed E-state index contributed by atoms with van der Waals surface area (Å²) in [5.74, 6) is 0. The van der Waals surface area contributed by atoms with Crippen LogP contribution in [0.2, 0.25) is 0 Å². The van der Waals surface area contributed by atoms with E-state index < -0.39 is 0 Å². The Morgan fingerprint density at radius 3 is 2.00 bits per heavy atom. The zero-order chi connectivity index (χ0) is 17.9. The van der Waals surface area contributed by atoms with Crippen molar-refractivity contribution in [3.63, 3.8) is 0 Å². The third kappa shape index (κ3) is 2.86. The van der Waals surface area contributed by atoms with E-state index in [1.165, 1.54) is 5.56 Å². The monoisotopic (exact) mass is 337 g/mol. The van der Waals surface area contributed by atoms with Crippen LogP contribution in [0.15, 0.2) is 91.0 Å². The van der Waals surface area contributed by atoms with Crippen molar-refractivity contribution in [1.82, 2.24) is 4.57 Å². The topological polar surface area (TPSA) is 22.0 Å². The van der Waals surface area contributed by atoms with E-state index in [0.29, 0.717) is 5.56 Å². The molecule has 1 aromatic heterocycles. The van der Waals surface area contributed by atoms with Gasteiger partial charge in [0, 0.05) is 11.3 Å². The number of benzene rings is 3. The Hall–Kier alpha value is -3.39. The van der Waals surface area contributed by atoms with Crippen molar-refractivity contribution in [2.24, 2.45) is 0 Å². The molecule has 0 fully saturated rings. The Morgan fingerprint density at radius 1 is 0.731 bits per heavy atom. The lowest BCUT2D eigenvalue weighted by Crippen LogP contribution is -2.00. The summed E-state index contributed by atoms with van der Waals surface area (Å²) in [5, 5.41) is 0. The van der Waals surface area contributed by atoms with E-state index >= 15 is 0 Å². The number of aryl methyl sites for hydroxylation is 1. The maximum atomic E-state index is 11.9. The van der Waals surface area contributed by atoms with Gasteiger partial charge in [-0.2, -0.15) is 0 Å². The zero-order valence-electron chi connectivity index (χ0n) is 14.6. The van der Waals surface area contributed by atoms with Crippen molar-refractivity contribution in [3.8, 4) is 28.2 Å². The minimum Gasteiger partial charge on any atom is -0.309 e. The molecule has 0 aliphatic heterocycles. The highest BCUT2D eigenvalue weighted by Gasteiger charge is 2.18. The van der Waals surface area contributed by atoms with Crippen LogP contribution in [0.3, 0.4) is 0 Å². The van der Waals surface area contributed by atoms with E-state index in [1.54, 1.807) is 0 Å². The van der Waals surface area contributed by atoms with Crippen molar-refractivity contribution >= 4 is 6.29 Å². The molecule has 0 aliphatic carbocycles. The van der Waals surface area contributed by atoms with Crippen LogP contribution in [0.1, 0.15) is 15.9 Å². The molecule has 0 unspecified atom stereocenters. The summed E-state index contributed by atoms with van der Waals surface area (Å²) in [7, 11) is 0. The summed E-state index contributed by atoms with van der Waals surface area (Å²) in [6, 6.07) is 30.6. The molecule has 1 heterocycles. The molecule has 0 saturated carbocycles. The van der Waals surface area contributed by atoms with E-state index in [1.807, 2.05) is 54.6 Å². The Morgan fingerprint density at radius 2 is 1.38 bits per heavy atom. The van der Waals surface area contributed by atoms with E-state index in [2.05, 4.69) is 47.9 Å². The molecule has 3 aromatic carbocycles. The molecule has 0 amide bonds. The van der Waals surface area contributed by atoms with Gasteiger partial charge in [-0.25, -0.2) is 0 Å². The van der Waals surface area contributed by atoms with Gasteiger partial charge in [0.25, 0.3) is 0 Å². The fourth-order valence-electron chi connectivity index (χ4n) is 3.37. The van der Waals surface area contributed by atoms with Crippen LogP contribution in [-0.4, -0.2) is 10.9 Å². The highest BCUT2D eigenvalue weighted by molar-refractivity contribution is 5.91. The van der Waals surface area contributed by atoms with Gasteiger partial charge in [0.15, 0.2) is 6.29 Å². The third-order valence-electron chi connectivity index (χ3n) is 4.53. The quantitative estimate of drug-likeness (QED) is 0.423. The summed E-state index contributed by atoms with van der Waals surface area (Å²) >= 11 is 0. The van der Waals surface area contributed by atoms with E-state index in [0.717, 1.165) is 34.5 Å². The summed E-state index contributed by atoms with van der Waals surface area (Å²) in [5.41, 5.74) is 6.97. The lowest BCUT2D eigenvalue weighted by molar-refractivity contribution is 0.112. The zero-order valence-corrected chi connectivity index (χ0v) is 14.6. The van der Waals surface area contributed by atoms with Crippen molar-refractivity contribution in [1.29, 1.82) is 0 Å². The number of hydrogen-bond acceptors (Lipinski definition) is 1. The molecule has 0 atom stereocenters. The van der Waals surface area contributed by atoms with Gasteiger partial charge in [0.05, 0.1) is 11.4 Å². The number of aromatic nitrogens is 1. The van der Waals surface area contributed by atoms with Crippen LogP contribution in [0.25, 0.3) is 28.2 Å². The van der Waals surface area contributed by atoms with Crippen molar-refractivity contribution in [2.45, 2.75) is 6.92 Å². The number of carbonyl (C=O) groups excluding carboxylic acids is 1. The molecule has 0 aliphatic rings. The summed E-state index contributed by atoms with van der Waals surface area (Å²) in [4.78, 5) is 11.9. The number of hydrogen-bond donors (Lipinski definition) is 0. The van der Waals surface area contributed by atoms with E-state index in [9.17, 15) is 4.79 Å². The summed E-state index contributed by atoms with van der Waals surface area (Å²) in [6.45, 7) is 2.08. The van der Waals surface area contributed by atoms with Crippen LogP contribution < -0.4 is 0 Å². The molecule has 4 rings (SSSR count). The maximum absolute atomic E-state index is 11.9. The van der Waals surface area contributed by atoms with Crippen molar-refractivity contribution in [2.75, 3.05) is 0 Å². The first kappa shape index (κ1) is 16.1. The SMILES string of the molecule is Cc1cccc(-n2c(-c3ccccc3)cc(C=O)c2-c2ccccc2)c1. The van der Waals surface area contributed by atoms with Gasteiger partial charge >= 0.3 is 0 Å². The minimum absolute atomic E-state index is 0.691. The number of rotatable bonds is 4. The van der Waals surface area contributed by atoms with Gasteiger partial charge in [0.2, 0.25) is 0 Å². The molecule has 0 saturated heterocycles. The lowest BCUT2D eigenvalue weighted by Gasteiger charge is -2.15. The molecule has 0 radical (unpaired) electrons. The normalized spacial score (nSPS) is 10.7. The van der Waals surface area contributed by atoms with Crippen LogP contribution in [-0.2, 0) is 0 Å². The maximum Gasteiger partial charge on any atom is 0.152 e. The van der Waals surface area contributed by atoms with Gasteiger partial charge in [-0.05, 0) is 41.8 Å². The van der Waals surface area contributed by atoms with E-state index in [-0.39, 0.29) is 0 Å². The highest BCUT2D eigenvalue weighted by Crippen LogP contribution is 2.35. The fraction of sp³-hybridized carbons (Fsp3) is 0.0417. The Balaban J connectivity index is 2.08. The largest absolute Gasteiger partial charge is 0.309 e. The predicted octanol–water partition coefficient (Wildman–Crippen LogP) is 5.93. The van der Waals surface area contributed by atoms with Gasteiger partial charge < -0.3 is 4.57 Å². The standard InChI is InChI=1S/C24H19NO/c1-18-9-8-14-22(15-18)25-23(19-10-4-2-5-11-19)16-21(17-26)24(25)20-12-6-3-7-13-20/h2-17H,1H3.